The van der Waals surface area contributed by atoms with Crippen molar-refractivity contribution in [3.05, 3.63) is 18.2 Å². The lowest BCUT2D eigenvalue weighted by atomic mass is 9.71. The Morgan fingerprint density at radius 1 is 1.35 bits per heavy atom. The fraction of sp³-hybridized carbons (Fsp3) is 0.786. The van der Waals surface area contributed by atoms with Gasteiger partial charge >= 0.3 is 0 Å². The van der Waals surface area contributed by atoms with Crippen molar-refractivity contribution in [1.82, 2.24) is 14.9 Å². The van der Waals surface area contributed by atoms with E-state index in [4.69, 9.17) is 0 Å². The summed E-state index contributed by atoms with van der Waals surface area (Å²) in [4.78, 5) is 4.42. The number of hydrogen-bond donors (Lipinski definition) is 1. The average Bonchev–Trinajstić information content (AvgIpc) is 2.57. The fourth-order valence-corrected chi connectivity index (χ4v) is 2.44. The maximum Gasteiger partial charge on any atom is 0.108 e. The van der Waals surface area contributed by atoms with E-state index < -0.39 is 0 Å². The van der Waals surface area contributed by atoms with Crippen molar-refractivity contribution in [1.29, 1.82) is 0 Å². The molecule has 0 aliphatic heterocycles. The minimum atomic E-state index is 0.239. The van der Waals surface area contributed by atoms with Gasteiger partial charge in [0.05, 0.1) is 0 Å². The van der Waals surface area contributed by atoms with Gasteiger partial charge in [0.1, 0.15) is 5.82 Å². The van der Waals surface area contributed by atoms with Crippen LogP contribution in [0.2, 0.25) is 0 Å². The summed E-state index contributed by atoms with van der Waals surface area (Å²) in [5, 5.41) is 3.62. The summed E-state index contributed by atoms with van der Waals surface area (Å²) in [6.07, 6.45) is 7.81. The van der Waals surface area contributed by atoms with E-state index in [1.54, 1.807) is 0 Å². The summed E-state index contributed by atoms with van der Waals surface area (Å²) in [5.41, 5.74) is 0.239. The lowest BCUT2D eigenvalue weighted by Crippen LogP contribution is -2.44. The zero-order valence-electron chi connectivity index (χ0n) is 11.5. The van der Waals surface area contributed by atoms with Crippen molar-refractivity contribution < 1.29 is 0 Å². The van der Waals surface area contributed by atoms with Crippen molar-refractivity contribution in [3.63, 3.8) is 0 Å². The van der Waals surface area contributed by atoms with Crippen molar-refractivity contribution >= 4 is 0 Å². The van der Waals surface area contributed by atoms with E-state index in [1.165, 1.54) is 18.7 Å². The third-order valence-electron chi connectivity index (χ3n) is 3.84. The lowest BCUT2D eigenvalue weighted by Gasteiger charge is -2.38. The molecule has 1 aliphatic rings. The molecule has 96 valence electrons. The number of nitrogens with zero attached hydrogens (tertiary/aromatic N) is 2. The molecule has 3 nitrogen and oxygen atoms in total. The largest absolute Gasteiger partial charge is 0.338 e. The van der Waals surface area contributed by atoms with Gasteiger partial charge in [-0.25, -0.2) is 4.98 Å². The number of imidazole rings is 1. The molecular weight excluding hydrogens is 210 g/mol. The van der Waals surface area contributed by atoms with E-state index in [1.807, 2.05) is 12.4 Å². The molecule has 2 atom stereocenters. The van der Waals surface area contributed by atoms with Crippen molar-refractivity contribution in [2.45, 2.75) is 45.6 Å². The first kappa shape index (κ1) is 12.6. The standard InChI is InChI=1S/C14H25N3/c1-14(2,3)16-10-12-6-5-11(12)9-13-15-7-8-17(13)4/h7-8,11-12,16H,5-6,9-10H2,1-4H3. The Bertz CT molecular complexity index is 362. The van der Waals surface area contributed by atoms with Gasteiger partial charge in [0.25, 0.3) is 0 Å². The zero-order valence-corrected chi connectivity index (χ0v) is 11.5. The summed E-state index contributed by atoms with van der Waals surface area (Å²) >= 11 is 0. The van der Waals surface area contributed by atoms with Crippen LogP contribution in [0.25, 0.3) is 0 Å². The van der Waals surface area contributed by atoms with E-state index >= 15 is 0 Å². The highest BCUT2D eigenvalue weighted by Crippen LogP contribution is 2.36. The first-order valence-electron chi connectivity index (χ1n) is 6.67. The molecule has 1 fully saturated rings. The highest BCUT2D eigenvalue weighted by molar-refractivity contribution is 4.97. The highest BCUT2D eigenvalue weighted by atomic mass is 15.0. The van der Waals surface area contributed by atoms with Gasteiger partial charge < -0.3 is 9.88 Å². The first-order chi connectivity index (χ1) is 7.96. The fourth-order valence-electron chi connectivity index (χ4n) is 2.44. The average molecular weight is 235 g/mol. The molecule has 0 saturated heterocycles. The Labute approximate surface area is 105 Å². The topological polar surface area (TPSA) is 29.9 Å². The van der Waals surface area contributed by atoms with Crippen LogP contribution in [0.1, 0.15) is 39.4 Å². The minimum absolute atomic E-state index is 0.239. The van der Waals surface area contributed by atoms with Gasteiger partial charge in [-0.1, -0.05) is 0 Å². The first-order valence-corrected chi connectivity index (χ1v) is 6.67. The third-order valence-corrected chi connectivity index (χ3v) is 3.84. The van der Waals surface area contributed by atoms with E-state index in [9.17, 15) is 0 Å². The molecule has 1 N–H and O–H groups in total. The van der Waals surface area contributed by atoms with Crippen LogP contribution in [0.15, 0.2) is 12.4 Å². The molecule has 1 saturated carbocycles. The van der Waals surface area contributed by atoms with Crippen LogP contribution < -0.4 is 5.32 Å². The second-order valence-corrected chi connectivity index (χ2v) is 6.39. The van der Waals surface area contributed by atoms with Gasteiger partial charge in [0, 0.05) is 31.4 Å². The van der Waals surface area contributed by atoms with E-state index in [2.05, 4.69) is 42.7 Å². The molecule has 2 rings (SSSR count). The van der Waals surface area contributed by atoms with Crippen molar-refractivity contribution in [3.8, 4) is 0 Å². The van der Waals surface area contributed by atoms with Gasteiger partial charge in [0.2, 0.25) is 0 Å². The molecule has 0 amide bonds. The molecule has 2 unspecified atom stereocenters. The lowest BCUT2D eigenvalue weighted by molar-refractivity contribution is 0.156. The maximum absolute atomic E-state index is 4.42. The molecular formula is C14H25N3. The molecule has 0 aromatic carbocycles. The van der Waals surface area contributed by atoms with Crippen LogP contribution in [0.5, 0.6) is 0 Å². The van der Waals surface area contributed by atoms with Crippen LogP contribution in [-0.4, -0.2) is 21.6 Å². The highest BCUT2D eigenvalue weighted by Gasteiger charge is 2.32. The smallest absolute Gasteiger partial charge is 0.108 e. The SMILES string of the molecule is Cn1ccnc1CC1CCC1CNC(C)(C)C. The van der Waals surface area contributed by atoms with E-state index in [-0.39, 0.29) is 5.54 Å². The molecule has 1 aromatic rings. The normalized spacial score (nSPS) is 24.7. The maximum atomic E-state index is 4.42. The molecule has 3 heteroatoms. The van der Waals surface area contributed by atoms with Gasteiger partial charge in [0.15, 0.2) is 0 Å². The molecule has 17 heavy (non-hydrogen) atoms. The van der Waals surface area contributed by atoms with E-state index in [0.29, 0.717) is 0 Å². The van der Waals surface area contributed by atoms with Crippen LogP contribution >= 0.6 is 0 Å². The summed E-state index contributed by atoms with van der Waals surface area (Å²) in [6, 6.07) is 0. The molecule has 0 radical (unpaired) electrons. The molecule has 1 aromatic heterocycles. The summed E-state index contributed by atoms with van der Waals surface area (Å²) < 4.78 is 2.15. The number of aromatic nitrogens is 2. The Morgan fingerprint density at radius 2 is 2.06 bits per heavy atom. The van der Waals surface area contributed by atoms with Crippen LogP contribution in [-0.2, 0) is 13.5 Å². The molecule has 1 heterocycles. The predicted octanol–water partition coefficient (Wildman–Crippen LogP) is 2.38. The van der Waals surface area contributed by atoms with Crippen molar-refractivity contribution in [2.75, 3.05) is 6.54 Å². The van der Waals surface area contributed by atoms with Crippen LogP contribution in [0.3, 0.4) is 0 Å². The minimum Gasteiger partial charge on any atom is -0.338 e. The number of rotatable bonds is 4. The number of aryl methyl sites for hydroxylation is 1. The summed E-state index contributed by atoms with van der Waals surface area (Å²) in [7, 11) is 2.09. The molecule has 1 aliphatic carbocycles. The quantitative estimate of drug-likeness (QED) is 0.868. The number of nitrogens with one attached hydrogen (secondary N) is 1. The van der Waals surface area contributed by atoms with Gasteiger partial charge in [-0.2, -0.15) is 0 Å². The monoisotopic (exact) mass is 235 g/mol. The third kappa shape index (κ3) is 3.32. The van der Waals surface area contributed by atoms with Gasteiger partial charge in [-0.3, -0.25) is 0 Å². The zero-order chi connectivity index (χ0) is 12.5. The van der Waals surface area contributed by atoms with E-state index in [0.717, 1.165) is 24.8 Å². The summed E-state index contributed by atoms with van der Waals surface area (Å²) in [6.45, 7) is 7.86. The van der Waals surface area contributed by atoms with Crippen LogP contribution in [0.4, 0.5) is 0 Å². The second-order valence-electron chi connectivity index (χ2n) is 6.39. The van der Waals surface area contributed by atoms with Crippen LogP contribution in [0, 0.1) is 11.8 Å². The molecule has 0 spiro atoms. The predicted molar refractivity (Wildman–Crippen MR) is 70.9 cm³/mol. The Kier molecular flexibility index (Phi) is 3.57. The van der Waals surface area contributed by atoms with Gasteiger partial charge in [-0.15, -0.1) is 0 Å². The Balaban J connectivity index is 1.81. The Hall–Kier alpha value is -0.830. The van der Waals surface area contributed by atoms with Crippen molar-refractivity contribution in [2.24, 2.45) is 18.9 Å². The molecule has 0 bridgehead atoms. The summed E-state index contributed by atoms with van der Waals surface area (Å²) in [5.74, 6) is 2.90. The number of hydrogen-bond acceptors (Lipinski definition) is 2. The van der Waals surface area contributed by atoms with Gasteiger partial charge in [-0.05, 0) is 52.0 Å². The Morgan fingerprint density at radius 3 is 2.53 bits per heavy atom. The second kappa shape index (κ2) is 4.81.